The highest BCUT2D eigenvalue weighted by molar-refractivity contribution is 7.13. The van der Waals surface area contributed by atoms with E-state index in [4.69, 9.17) is 0 Å². The summed E-state index contributed by atoms with van der Waals surface area (Å²) < 4.78 is 0. The molecule has 0 spiro atoms. The van der Waals surface area contributed by atoms with Crippen molar-refractivity contribution in [2.24, 2.45) is 0 Å². The molecule has 1 aromatic heterocycles. The van der Waals surface area contributed by atoms with Gasteiger partial charge in [0.15, 0.2) is 0 Å². The molecule has 116 valence electrons. The molecule has 0 saturated carbocycles. The van der Waals surface area contributed by atoms with Crippen LogP contribution < -0.4 is 5.32 Å². The summed E-state index contributed by atoms with van der Waals surface area (Å²) in [6, 6.07) is 17.3. The molecule has 3 rings (SSSR count). The number of hydrogen-bond acceptors (Lipinski definition) is 4. The number of benzene rings is 2. The minimum absolute atomic E-state index is 0.0408. The van der Waals surface area contributed by atoms with Gasteiger partial charge in [-0.3, -0.25) is 4.79 Å². The van der Waals surface area contributed by atoms with E-state index in [0.29, 0.717) is 12.2 Å². The topological polar surface area (TPSA) is 62.2 Å². The number of aliphatic hydroxyl groups excluding tert-OH is 1. The standard InChI is InChI=1S/C18H16N2O2S/c21-11-15-9-5-4-8-14(15)10-19-17(22)16-12-23-18(20-16)13-6-2-1-3-7-13/h1-9,12,21H,10-11H2,(H,19,22). The van der Waals surface area contributed by atoms with E-state index in [9.17, 15) is 9.90 Å². The second-order valence-electron chi connectivity index (χ2n) is 5.01. The van der Waals surface area contributed by atoms with Crippen molar-refractivity contribution in [1.82, 2.24) is 10.3 Å². The molecule has 1 amide bonds. The molecular formula is C18H16N2O2S. The highest BCUT2D eigenvalue weighted by Gasteiger charge is 2.12. The van der Waals surface area contributed by atoms with E-state index >= 15 is 0 Å². The molecule has 1 heterocycles. The predicted octanol–water partition coefficient (Wildman–Crippen LogP) is 3.23. The summed E-state index contributed by atoms with van der Waals surface area (Å²) in [6.07, 6.45) is 0. The van der Waals surface area contributed by atoms with E-state index < -0.39 is 0 Å². The average molecular weight is 324 g/mol. The van der Waals surface area contributed by atoms with Gasteiger partial charge in [-0.25, -0.2) is 4.98 Å². The number of hydrogen-bond donors (Lipinski definition) is 2. The predicted molar refractivity (Wildman–Crippen MR) is 91.1 cm³/mol. The lowest BCUT2D eigenvalue weighted by Crippen LogP contribution is -2.23. The zero-order valence-corrected chi connectivity index (χ0v) is 13.2. The molecule has 5 heteroatoms. The van der Waals surface area contributed by atoms with Crippen molar-refractivity contribution in [3.8, 4) is 10.6 Å². The molecule has 23 heavy (non-hydrogen) atoms. The second-order valence-corrected chi connectivity index (χ2v) is 5.87. The lowest BCUT2D eigenvalue weighted by atomic mass is 10.1. The fourth-order valence-corrected chi connectivity index (χ4v) is 3.05. The minimum atomic E-state index is -0.212. The van der Waals surface area contributed by atoms with Gasteiger partial charge in [0.2, 0.25) is 0 Å². The molecule has 0 aliphatic carbocycles. The Balaban J connectivity index is 1.68. The third kappa shape index (κ3) is 3.64. The molecule has 3 aromatic rings. The van der Waals surface area contributed by atoms with Crippen LogP contribution in [0.1, 0.15) is 21.6 Å². The van der Waals surface area contributed by atoms with Crippen molar-refractivity contribution < 1.29 is 9.90 Å². The summed E-state index contributed by atoms with van der Waals surface area (Å²) >= 11 is 1.45. The van der Waals surface area contributed by atoms with Crippen molar-refractivity contribution in [2.45, 2.75) is 13.2 Å². The maximum Gasteiger partial charge on any atom is 0.271 e. The molecule has 0 aliphatic heterocycles. The summed E-state index contributed by atoms with van der Waals surface area (Å²) in [5.74, 6) is -0.212. The van der Waals surface area contributed by atoms with Crippen LogP contribution >= 0.6 is 11.3 Å². The minimum Gasteiger partial charge on any atom is -0.392 e. The smallest absolute Gasteiger partial charge is 0.271 e. The Bertz CT molecular complexity index is 800. The van der Waals surface area contributed by atoms with Crippen molar-refractivity contribution in [2.75, 3.05) is 0 Å². The lowest BCUT2D eigenvalue weighted by molar-refractivity contribution is 0.0946. The Kier molecular flexibility index (Phi) is 4.80. The maximum atomic E-state index is 12.2. The van der Waals surface area contributed by atoms with Gasteiger partial charge in [0.05, 0.1) is 6.61 Å². The number of aliphatic hydroxyl groups is 1. The average Bonchev–Trinajstić information content (AvgIpc) is 3.11. The van der Waals surface area contributed by atoms with E-state index in [-0.39, 0.29) is 12.5 Å². The van der Waals surface area contributed by atoms with Crippen LogP contribution in [0.2, 0.25) is 0 Å². The Morgan fingerprint density at radius 3 is 2.48 bits per heavy atom. The monoisotopic (exact) mass is 324 g/mol. The molecule has 0 radical (unpaired) electrons. The number of aromatic nitrogens is 1. The molecule has 0 fully saturated rings. The largest absolute Gasteiger partial charge is 0.392 e. The summed E-state index contributed by atoms with van der Waals surface area (Å²) in [6.45, 7) is 0.328. The van der Waals surface area contributed by atoms with Crippen LogP contribution in [0.25, 0.3) is 10.6 Å². The molecule has 0 unspecified atom stereocenters. The normalized spacial score (nSPS) is 10.5. The number of thiazole rings is 1. The number of carbonyl (C=O) groups excluding carboxylic acids is 1. The van der Waals surface area contributed by atoms with Crippen LogP contribution in [-0.4, -0.2) is 16.0 Å². The van der Waals surface area contributed by atoms with Gasteiger partial charge in [0, 0.05) is 17.5 Å². The number of nitrogens with one attached hydrogen (secondary N) is 1. The van der Waals surface area contributed by atoms with Crippen molar-refractivity contribution in [3.63, 3.8) is 0 Å². The van der Waals surface area contributed by atoms with Crippen molar-refractivity contribution >= 4 is 17.2 Å². The van der Waals surface area contributed by atoms with Gasteiger partial charge in [0.1, 0.15) is 10.7 Å². The summed E-state index contributed by atoms with van der Waals surface area (Å²) in [5, 5.41) is 14.7. The zero-order chi connectivity index (χ0) is 16.1. The van der Waals surface area contributed by atoms with Gasteiger partial charge in [0.25, 0.3) is 5.91 Å². The fourth-order valence-electron chi connectivity index (χ4n) is 2.24. The zero-order valence-electron chi connectivity index (χ0n) is 12.4. The van der Waals surface area contributed by atoms with E-state index in [1.54, 1.807) is 5.38 Å². The van der Waals surface area contributed by atoms with Crippen molar-refractivity contribution in [1.29, 1.82) is 0 Å². The van der Waals surface area contributed by atoms with E-state index in [2.05, 4.69) is 10.3 Å². The van der Waals surface area contributed by atoms with Gasteiger partial charge >= 0.3 is 0 Å². The van der Waals surface area contributed by atoms with Crippen molar-refractivity contribution in [3.05, 3.63) is 76.8 Å². The van der Waals surface area contributed by atoms with Crippen LogP contribution in [-0.2, 0) is 13.2 Å². The Hall–Kier alpha value is -2.50. The Morgan fingerprint density at radius 2 is 1.74 bits per heavy atom. The number of nitrogens with zero attached hydrogens (tertiary/aromatic N) is 1. The van der Waals surface area contributed by atoms with Crippen LogP contribution in [0.5, 0.6) is 0 Å². The molecule has 2 aromatic carbocycles. The Morgan fingerprint density at radius 1 is 1.04 bits per heavy atom. The molecule has 4 nitrogen and oxygen atoms in total. The molecule has 2 N–H and O–H groups in total. The first-order chi connectivity index (χ1) is 11.3. The molecule has 0 bridgehead atoms. The van der Waals surface area contributed by atoms with Crippen LogP contribution in [0, 0.1) is 0 Å². The third-order valence-corrected chi connectivity index (χ3v) is 4.38. The third-order valence-electron chi connectivity index (χ3n) is 3.49. The maximum absolute atomic E-state index is 12.2. The molecule has 0 aliphatic rings. The molecular weight excluding hydrogens is 308 g/mol. The quantitative estimate of drug-likeness (QED) is 0.757. The van der Waals surface area contributed by atoms with Gasteiger partial charge in [-0.2, -0.15) is 0 Å². The van der Waals surface area contributed by atoms with Gasteiger partial charge < -0.3 is 10.4 Å². The first kappa shape index (κ1) is 15.4. The van der Waals surface area contributed by atoms with Gasteiger partial charge in [-0.05, 0) is 11.1 Å². The SMILES string of the molecule is O=C(NCc1ccccc1CO)c1csc(-c2ccccc2)n1. The lowest BCUT2D eigenvalue weighted by Gasteiger charge is -2.07. The molecule has 0 atom stereocenters. The number of carbonyl (C=O) groups is 1. The first-order valence-corrected chi connectivity index (χ1v) is 8.12. The van der Waals surface area contributed by atoms with E-state index in [1.807, 2.05) is 54.6 Å². The van der Waals surface area contributed by atoms with Crippen LogP contribution in [0.15, 0.2) is 60.0 Å². The van der Waals surface area contributed by atoms with Gasteiger partial charge in [-0.1, -0.05) is 54.6 Å². The van der Waals surface area contributed by atoms with E-state index in [0.717, 1.165) is 21.7 Å². The fraction of sp³-hybridized carbons (Fsp3) is 0.111. The summed E-state index contributed by atoms with van der Waals surface area (Å²) in [7, 11) is 0. The summed E-state index contributed by atoms with van der Waals surface area (Å²) in [4.78, 5) is 16.6. The Labute approximate surface area is 138 Å². The highest BCUT2D eigenvalue weighted by atomic mass is 32.1. The van der Waals surface area contributed by atoms with E-state index in [1.165, 1.54) is 11.3 Å². The highest BCUT2D eigenvalue weighted by Crippen LogP contribution is 2.23. The number of amides is 1. The number of rotatable bonds is 5. The second kappa shape index (κ2) is 7.17. The van der Waals surface area contributed by atoms with Gasteiger partial charge in [-0.15, -0.1) is 11.3 Å². The summed E-state index contributed by atoms with van der Waals surface area (Å²) in [5.41, 5.74) is 3.13. The van der Waals surface area contributed by atoms with Crippen LogP contribution in [0.4, 0.5) is 0 Å². The first-order valence-electron chi connectivity index (χ1n) is 7.24. The van der Waals surface area contributed by atoms with Crippen LogP contribution in [0.3, 0.4) is 0 Å². The molecule has 0 saturated heterocycles.